The van der Waals surface area contributed by atoms with Crippen LogP contribution in [0.15, 0.2) is 11.0 Å². The molecule has 4 N–H and O–H groups in total. The summed E-state index contributed by atoms with van der Waals surface area (Å²) in [4.78, 5) is 33.5. The minimum absolute atomic E-state index is 0.0170. The number of aryl methyl sites for hydroxylation is 1. The quantitative estimate of drug-likeness (QED) is 0.665. The van der Waals surface area contributed by atoms with E-state index in [2.05, 4.69) is 16.8 Å². The van der Waals surface area contributed by atoms with Crippen molar-refractivity contribution in [1.29, 1.82) is 0 Å². The van der Waals surface area contributed by atoms with E-state index in [4.69, 9.17) is 24.8 Å². The first-order chi connectivity index (χ1) is 9.26. The zero-order chi connectivity index (χ0) is 14.9. The Balaban J connectivity index is 2.05. The Bertz CT molecular complexity index is 601. The molecular weight excluding hydrogens is 305 g/mol. The van der Waals surface area contributed by atoms with Crippen LogP contribution in [0.25, 0.3) is 0 Å². The van der Waals surface area contributed by atoms with Gasteiger partial charge in [-0.3, -0.25) is 4.57 Å². The molecule has 0 aliphatic carbocycles. The third-order valence-corrected chi connectivity index (χ3v) is 3.80. The van der Waals surface area contributed by atoms with E-state index < -0.39 is 18.6 Å². The van der Waals surface area contributed by atoms with Crippen LogP contribution in [0.1, 0.15) is 24.6 Å². The molecule has 0 aromatic carbocycles. The second kappa shape index (κ2) is 5.88. The van der Waals surface area contributed by atoms with Gasteiger partial charge in [0.15, 0.2) is 0 Å². The highest BCUT2D eigenvalue weighted by molar-refractivity contribution is 8.06. The molecule has 0 saturated carbocycles. The highest BCUT2D eigenvalue weighted by atomic mass is 32.5. The van der Waals surface area contributed by atoms with Crippen molar-refractivity contribution >= 4 is 24.3 Å². The minimum atomic E-state index is -3.68. The molecule has 112 valence electrons. The van der Waals surface area contributed by atoms with E-state index in [1.807, 2.05) is 0 Å². The van der Waals surface area contributed by atoms with E-state index in [0.717, 1.165) is 0 Å². The average Bonchev–Trinajstić information content (AvgIpc) is 2.79. The summed E-state index contributed by atoms with van der Waals surface area (Å²) in [5, 5.41) is 0. The molecule has 0 bridgehead atoms. The van der Waals surface area contributed by atoms with Crippen molar-refractivity contribution in [3.63, 3.8) is 0 Å². The van der Waals surface area contributed by atoms with E-state index in [0.29, 0.717) is 18.4 Å². The van der Waals surface area contributed by atoms with Gasteiger partial charge >= 0.3 is 12.4 Å². The van der Waals surface area contributed by atoms with Gasteiger partial charge in [0.25, 0.3) is 0 Å². The summed E-state index contributed by atoms with van der Waals surface area (Å²) in [7, 11) is 0. The molecule has 1 aromatic rings. The Morgan fingerprint density at radius 3 is 3.00 bits per heavy atom. The van der Waals surface area contributed by atoms with Gasteiger partial charge in [-0.25, -0.2) is 4.79 Å². The second-order valence-electron chi connectivity index (χ2n) is 4.58. The molecule has 8 nitrogen and oxygen atoms in total. The molecule has 20 heavy (non-hydrogen) atoms. The summed E-state index contributed by atoms with van der Waals surface area (Å²) in [5.74, 6) is 0.199. The molecule has 10 heteroatoms. The molecule has 1 fully saturated rings. The molecule has 1 aliphatic heterocycles. The van der Waals surface area contributed by atoms with Crippen LogP contribution >= 0.6 is 6.72 Å². The van der Waals surface area contributed by atoms with Crippen LogP contribution in [0.2, 0.25) is 0 Å². The van der Waals surface area contributed by atoms with Crippen LogP contribution in [0, 0.1) is 6.92 Å². The first-order valence-electron chi connectivity index (χ1n) is 5.97. The zero-order valence-corrected chi connectivity index (χ0v) is 12.5. The fourth-order valence-electron chi connectivity index (χ4n) is 1.98. The van der Waals surface area contributed by atoms with Gasteiger partial charge in [-0.05, 0) is 31.6 Å². The van der Waals surface area contributed by atoms with E-state index in [1.165, 1.54) is 4.57 Å². The van der Waals surface area contributed by atoms with Gasteiger partial charge in [0.1, 0.15) is 12.0 Å². The second-order valence-corrected chi connectivity index (χ2v) is 7.24. The number of anilines is 1. The molecular formula is C10H16N3O5PS. The molecule has 1 aromatic heterocycles. The highest BCUT2D eigenvalue weighted by Crippen LogP contribution is 2.38. The van der Waals surface area contributed by atoms with Gasteiger partial charge in [0.05, 0.1) is 12.7 Å². The largest absolute Gasteiger partial charge is 0.383 e. The predicted molar refractivity (Wildman–Crippen MR) is 75.5 cm³/mol. The van der Waals surface area contributed by atoms with Gasteiger partial charge in [0, 0.05) is 11.8 Å². The van der Waals surface area contributed by atoms with Gasteiger partial charge in [-0.1, -0.05) is 0 Å². The molecule has 0 radical (unpaired) electrons. The first-order valence-corrected chi connectivity index (χ1v) is 8.59. The SMILES string of the molecule is Cc1cn([C@H]2CCC(COP(O)(O)=S)O2)c(=O)nc1N. The van der Waals surface area contributed by atoms with Crippen molar-refractivity contribution in [3.05, 3.63) is 22.2 Å². The van der Waals surface area contributed by atoms with Crippen molar-refractivity contribution in [2.75, 3.05) is 12.3 Å². The average molecular weight is 321 g/mol. The number of ether oxygens (including phenoxy) is 1. The van der Waals surface area contributed by atoms with E-state index in [9.17, 15) is 4.79 Å². The third-order valence-electron chi connectivity index (χ3n) is 3.00. The number of rotatable bonds is 4. The maximum atomic E-state index is 11.8. The fraction of sp³-hybridized carbons (Fsp3) is 0.600. The summed E-state index contributed by atoms with van der Waals surface area (Å²) in [5.41, 5.74) is 5.77. The molecule has 1 saturated heterocycles. The van der Waals surface area contributed by atoms with Crippen molar-refractivity contribution in [2.24, 2.45) is 0 Å². The monoisotopic (exact) mass is 321 g/mol. The van der Waals surface area contributed by atoms with E-state index in [-0.39, 0.29) is 18.5 Å². The van der Waals surface area contributed by atoms with Gasteiger partial charge in [-0.15, -0.1) is 0 Å². The smallest absolute Gasteiger partial charge is 0.351 e. The Morgan fingerprint density at radius 1 is 1.65 bits per heavy atom. The summed E-state index contributed by atoms with van der Waals surface area (Å²) in [6, 6.07) is 0. The molecule has 0 amide bonds. The summed E-state index contributed by atoms with van der Waals surface area (Å²) >= 11 is 4.36. The Labute approximate surface area is 120 Å². The maximum absolute atomic E-state index is 11.8. The molecule has 2 rings (SSSR count). The number of hydrogen-bond acceptors (Lipinski definition) is 6. The lowest BCUT2D eigenvalue weighted by Gasteiger charge is -2.17. The molecule has 1 aliphatic rings. The fourth-order valence-corrected chi connectivity index (χ4v) is 2.52. The maximum Gasteiger partial charge on any atom is 0.351 e. The van der Waals surface area contributed by atoms with Crippen molar-refractivity contribution in [2.45, 2.75) is 32.1 Å². The molecule has 1 unspecified atom stereocenters. The summed E-state index contributed by atoms with van der Waals surface area (Å²) in [6.07, 6.45) is 2.01. The van der Waals surface area contributed by atoms with Gasteiger partial charge in [0.2, 0.25) is 0 Å². The Morgan fingerprint density at radius 2 is 2.35 bits per heavy atom. The van der Waals surface area contributed by atoms with Gasteiger partial charge < -0.3 is 24.8 Å². The van der Waals surface area contributed by atoms with E-state index >= 15 is 0 Å². The van der Waals surface area contributed by atoms with Crippen LogP contribution in [0.3, 0.4) is 0 Å². The third kappa shape index (κ3) is 3.85. The van der Waals surface area contributed by atoms with Crippen molar-refractivity contribution in [1.82, 2.24) is 9.55 Å². The lowest BCUT2D eigenvalue weighted by molar-refractivity contribution is -0.0218. The standard InChI is InChI=1S/C10H16N3O5PS/c1-6-4-13(10(14)12-9(6)11)8-3-2-7(18-8)5-17-19(15,16)20/h4,7-8H,2-3,5H2,1H3,(H2,11,12,14)(H2,15,16,20)/t7?,8-/m1/s1. The van der Waals surface area contributed by atoms with Crippen LogP contribution in [0.5, 0.6) is 0 Å². The lowest BCUT2D eigenvalue weighted by atomic mass is 10.2. The molecule has 2 heterocycles. The van der Waals surface area contributed by atoms with E-state index in [1.54, 1.807) is 13.1 Å². The van der Waals surface area contributed by atoms with Crippen LogP contribution in [-0.2, 0) is 21.1 Å². The zero-order valence-electron chi connectivity index (χ0n) is 10.8. The predicted octanol–water partition coefficient (Wildman–Crippen LogP) is 0.0372. The number of hydrogen-bond donors (Lipinski definition) is 3. The Kier molecular flexibility index (Phi) is 4.58. The van der Waals surface area contributed by atoms with Crippen LogP contribution in [0.4, 0.5) is 5.82 Å². The van der Waals surface area contributed by atoms with Gasteiger partial charge in [-0.2, -0.15) is 4.98 Å². The van der Waals surface area contributed by atoms with Crippen molar-refractivity contribution < 1.29 is 19.0 Å². The normalized spacial score (nSPS) is 23.1. The number of nitrogens with zero attached hydrogens (tertiary/aromatic N) is 2. The molecule has 2 atom stereocenters. The lowest BCUT2D eigenvalue weighted by Crippen LogP contribution is -2.28. The number of nitrogens with two attached hydrogens (primary N) is 1. The minimum Gasteiger partial charge on any atom is -0.383 e. The number of aromatic nitrogens is 2. The first kappa shape index (κ1) is 15.6. The Hall–Kier alpha value is -0.830. The van der Waals surface area contributed by atoms with Crippen LogP contribution < -0.4 is 11.4 Å². The van der Waals surface area contributed by atoms with Crippen molar-refractivity contribution in [3.8, 4) is 0 Å². The highest BCUT2D eigenvalue weighted by Gasteiger charge is 2.29. The molecule has 0 spiro atoms. The summed E-state index contributed by atoms with van der Waals surface area (Å²) < 4.78 is 11.8. The van der Waals surface area contributed by atoms with Crippen LogP contribution in [-0.4, -0.2) is 32.0 Å². The summed E-state index contributed by atoms with van der Waals surface area (Å²) in [6.45, 7) is -1.94. The topological polar surface area (TPSA) is 120 Å². The number of nitrogen functional groups attached to an aromatic ring is 1.